The number of amides is 2. The third-order valence-corrected chi connectivity index (χ3v) is 5.83. The van der Waals surface area contributed by atoms with E-state index in [1.807, 2.05) is 19.1 Å². The van der Waals surface area contributed by atoms with Crippen LogP contribution in [0.15, 0.2) is 47.2 Å². The normalized spacial score (nSPS) is 13.7. The van der Waals surface area contributed by atoms with Crippen LogP contribution in [-0.4, -0.2) is 61.7 Å². The molecule has 0 radical (unpaired) electrons. The maximum atomic E-state index is 13.0. The van der Waals surface area contributed by atoms with Crippen molar-refractivity contribution in [3.05, 3.63) is 65.4 Å². The van der Waals surface area contributed by atoms with Crippen molar-refractivity contribution in [2.75, 3.05) is 25.5 Å². The molecule has 4 heterocycles. The summed E-state index contributed by atoms with van der Waals surface area (Å²) in [5.41, 5.74) is 3.76. The molecule has 0 bridgehead atoms. The second-order valence-electron chi connectivity index (χ2n) is 8.08. The summed E-state index contributed by atoms with van der Waals surface area (Å²) >= 11 is 0. The Morgan fingerprint density at radius 1 is 1.26 bits per heavy atom. The fraction of sp³-hybridized carbons (Fsp3) is 0.261. The molecule has 0 spiro atoms. The summed E-state index contributed by atoms with van der Waals surface area (Å²) in [5, 5.41) is 16.4. The zero-order chi connectivity index (χ0) is 23.8. The lowest BCUT2D eigenvalue weighted by atomic mass is 10.0. The van der Waals surface area contributed by atoms with E-state index >= 15 is 0 Å². The molecule has 1 aliphatic rings. The van der Waals surface area contributed by atoms with Crippen molar-refractivity contribution in [1.29, 1.82) is 0 Å². The Kier molecular flexibility index (Phi) is 5.46. The minimum Gasteiger partial charge on any atom is -0.453 e. The van der Waals surface area contributed by atoms with Crippen LogP contribution in [0.25, 0.3) is 17.0 Å². The molecule has 11 nitrogen and oxygen atoms in total. The minimum absolute atomic E-state index is 0.0380. The Hall–Kier alpha value is -4.25. The molecule has 2 amide bonds. The predicted octanol–water partition coefficient (Wildman–Crippen LogP) is 2.60. The van der Waals surface area contributed by atoms with Gasteiger partial charge in [0, 0.05) is 30.5 Å². The van der Waals surface area contributed by atoms with Crippen molar-refractivity contribution in [3.63, 3.8) is 0 Å². The number of carbonyl (C=O) groups is 2. The number of methoxy groups -OCH3 is 1. The Labute approximate surface area is 194 Å². The number of anilines is 1. The number of pyridine rings is 1. The van der Waals surface area contributed by atoms with Gasteiger partial charge in [0.2, 0.25) is 11.7 Å². The Morgan fingerprint density at radius 3 is 2.85 bits per heavy atom. The Morgan fingerprint density at radius 2 is 2.09 bits per heavy atom. The van der Waals surface area contributed by atoms with Crippen molar-refractivity contribution in [2.45, 2.75) is 19.4 Å². The Balaban J connectivity index is 1.35. The summed E-state index contributed by atoms with van der Waals surface area (Å²) in [6, 6.07) is 9.00. The maximum absolute atomic E-state index is 13.0. The third-order valence-electron chi connectivity index (χ3n) is 5.83. The molecule has 11 heteroatoms. The molecule has 5 rings (SSSR count). The second kappa shape index (κ2) is 8.60. The number of nitrogens with zero attached hydrogens (tertiary/aromatic N) is 5. The first-order chi connectivity index (χ1) is 16.5. The summed E-state index contributed by atoms with van der Waals surface area (Å²) in [6.45, 7) is 2.67. The second-order valence-corrected chi connectivity index (χ2v) is 8.08. The number of aryl methyl sites for hydroxylation is 1. The number of fused-ring (bicyclic) bond motifs is 1. The van der Waals surface area contributed by atoms with Gasteiger partial charge in [-0.3, -0.25) is 9.20 Å². The number of likely N-dealkylation sites (tertiary alicyclic amines) is 1. The van der Waals surface area contributed by atoms with Gasteiger partial charge in [-0.2, -0.15) is 4.98 Å². The number of hydrogen-bond acceptors (Lipinski definition) is 8. The summed E-state index contributed by atoms with van der Waals surface area (Å²) < 4.78 is 11.7. The highest BCUT2D eigenvalue weighted by Gasteiger charge is 2.36. The van der Waals surface area contributed by atoms with E-state index < -0.39 is 0 Å². The SMILES string of the molecule is COC(=O)N1CC(c2nc(-c3ccc(C)c(NC(=O)c4cnc5ccc(CO)cn45)c3)no2)C1. The number of aliphatic hydroxyl groups excluding tert-OH is 1. The van der Waals surface area contributed by atoms with E-state index in [4.69, 9.17) is 9.26 Å². The largest absolute Gasteiger partial charge is 0.453 e. The lowest BCUT2D eigenvalue weighted by Crippen LogP contribution is -2.48. The Bertz CT molecular complexity index is 1390. The first-order valence-electron chi connectivity index (χ1n) is 10.6. The van der Waals surface area contributed by atoms with E-state index in [1.165, 1.54) is 13.3 Å². The van der Waals surface area contributed by atoms with Crippen molar-refractivity contribution in [1.82, 2.24) is 24.4 Å². The van der Waals surface area contributed by atoms with Crippen molar-refractivity contribution < 1.29 is 24.0 Å². The van der Waals surface area contributed by atoms with Gasteiger partial charge in [-0.25, -0.2) is 9.78 Å². The summed E-state index contributed by atoms with van der Waals surface area (Å²) in [5.74, 6) is 0.467. The van der Waals surface area contributed by atoms with Gasteiger partial charge in [-0.15, -0.1) is 0 Å². The van der Waals surface area contributed by atoms with Crippen LogP contribution in [-0.2, 0) is 11.3 Å². The van der Waals surface area contributed by atoms with Crippen LogP contribution in [0.3, 0.4) is 0 Å². The van der Waals surface area contributed by atoms with Gasteiger partial charge < -0.3 is 24.6 Å². The standard InChI is InChI=1S/C23H22N6O5/c1-13-3-5-15(20-26-22(34-27-20)16-10-28(11-16)23(32)33-2)7-17(13)25-21(31)18-8-24-19-6-4-14(12-30)9-29(18)19/h3-9,16,30H,10-12H2,1-2H3,(H,25,31). The molecule has 1 aromatic carbocycles. The van der Waals surface area contributed by atoms with Gasteiger partial charge in [-0.1, -0.05) is 23.4 Å². The lowest BCUT2D eigenvalue weighted by molar-refractivity contribution is 0.0804. The van der Waals surface area contributed by atoms with Gasteiger partial charge in [0.15, 0.2) is 0 Å². The smallest absolute Gasteiger partial charge is 0.409 e. The zero-order valence-corrected chi connectivity index (χ0v) is 18.6. The maximum Gasteiger partial charge on any atom is 0.409 e. The number of benzene rings is 1. The van der Waals surface area contributed by atoms with E-state index in [0.29, 0.717) is 53.0 Å². The van der Waals surface area contributed by atoms with E-state index in [1.54, 1.807) is 33.7 Å². The monoisotopic (exact) mass is 462 g/mol. The van der Waals surface area contributed by atoms with Crippen LogP contribution in [0.2, 0.25) is 0 Å². The van der Waals surface area contributed by atoms with Gasteiger partial charge >= 0.3 is 6.09 Å². The molecule has 174 valence electrons. The third kappa shape index (κ3) is 3.86. The summed E-state index contributed by atoms with van der Waals surface area (Å²) in [4.78, 5) is 34.8. The van der Waals surface area contributed by atoms with Crippen LogP contribution >= 0.6 is 0 Å². The van der Waals surface area contributed by atoms with Crippen molar-refractivity contribution in [2.24, 2.45) is 0 Å². The van der Waals surface area contributed by atoms with Gasteiger partial charge in [0.25, 0.3) is 5.91 Å². The molecular formula is C23H22N6O5. The summed E-state index contributed by atoms with van der Waals surface area (Å²) in [6.07, 6.45) is 2.80. The predicted molar refractivity (Wildman–Crippen MR) is 120 cm³/mol. The summed E-state index contributed by atoms with van der Waals surface area (Å²) in [7, 11) is 1.34. The number of ether oxygens (including phenoxy) is 1. The minimum atomic E-state index is -0.381. The molecule has 1 aliphatic heterocycles. The molecule has 1 fully saturated rings. The highest BCUT2D eigenvalue weighted by Crippen LogP contribution is 2.29. The van der Waals surface area contributed by atoms with Crippen LogP contribution in [0.4, 0.5) is 10.5 Å². The van der Waals surface area contributed by atoms with E-state index in [-0.39, 0.29) is 24.5 Å². The number of aliphatic hydroxyl groups is 1. The highest BCUT2D eigenvalue weighted by molar-refractivity contribution is 6.04. The fourth-order valence-corrected chi connectivity index (χ4v) is 3.80. The van der Waals surface area contributed by atoms with Crippen LogP contribution in [0.1, 0.15) is 33.4 Å². The van der Waals surface area contributed by atoms with Crippen LogP contribution in [0.5, 0.6) is 0 Å². The van der Waals surface area contributed by atoms with Gasteiger partial charge in [-0.05, 0) is 30.2 Å². The number of nitrogens with one attached hydrogen (secondary N) is 1. The molecule has 0 saturated carbocycles. The topological polar surface area (TPSA) is 135 Å². The molecule has 1 saturated heterocycles. The van der Waals surface area contributed by atoms with Crippen LogP contribution < -0.4 is 5.32 Å². The highest BCUT2D eigenvalue weighted by atomic mass is 16.5. The average molecular weight is 462 g/mol. The number of carbonyl (C=O) groups excluding carboxylic acids is 2. The van der Waals surface area contributed by atoms with Gasteiger partial charge in [0.05, 0.1) is 25.8 Å². The van der Waals surface area contributed by atoms with Gasteiger partial charge in [0.1, 0.15) is 11.3 Å². The molecule has 0 unspecified atom stereocenters. The number of imidazole rings is 1. The molecule has 2 N–H and O–H groups in total. The molecular weight excluding hydrogens is 440 g/mol. The number of hydrogen-bond donors (Lipinski definition) is 2. The fourth-order valence-electron chi connectivity index (χ4n) is 3.80. The first-order valence-corrected chi connectivity index (χ1v) is 10.6. The van der Waals surface area contributed by atoms with Crippen molar-refractivity contribution in [3.8, 4) is 11.4 Å². The molecule has 34 heavy (non-hydrogen) atoms. The van der Waals surface area contributed by atoms with E-state index in [0.717, 1.165) is 5.56 Å². The van der Waals surface area contributed by atoms with E-state index in [2.05, 4.69) is 20.4 Å². The lowest BCUT2D eigenvalue weighted by Gasteiger charge is -2.35. The van der Waals surface area contributed by atoms with E-state index in [9.17, 15) is 14.7 Å². The average Bonchev–Trinajstić information content (AvgIpc) is 3.46. The molecule has 3 aromatic heterocycles. The number of aromatic nitrogens is 4. The van der Waals surface area contributed by atoms with Crippen LogP contribution in [0, 0.1) is 6.92 Å². The molecule has 0 aliphatic carbocycles. The quantitative estimate of drug-likeness (QED) is 0.462. The van der Waals surface area contributed by atoms with Crippen molar-refractivity contribution >= 4 is 23.3 Å². The number of rotatable bonds is 5. The molecule has 4 aromatic rings. The first kappa shape index (κ1) is 21.6. The zero-order valence-electron chi connectivity index (χ0n) is 18.6. The molecule has 0 atom stereocenters.